The number of hydrogen-bond donors (Lipinski definition) is 2. The van der Waals surface area contributed by atoms with Crippen molar-refractivity contribution in [2.24, 2.45) is 0 Å². The maximum atomic E-state index is 11.9. The maximum Gasteiger partial charge on any atom is 0.372 e. The van der Waals surface area contributed by atoms with Crippen molar-refractivity contribution in [3.8, 4) is 0 Å². The Labute approximate surface area is 130 Å². The zero-order chi connectivity index (χ0) is 15.5. The second-order valence-corrected chi connectivity index (χ2v) is 5.78. The molecule has 0 spiro atoms. The van der Waals surface area contributed by atoms with Crippen LogP contribution in [-0.4, -0.2) is 17.0 Å². The van der Waals surface area contributed by atoms with Gasteiger partial charge in [0, 0.05) is 22.4 Å². The van der Waals surface area contributed by atoms with Gasteiger partial charge in [-0.3, -0.25) is 4.79 Å². The molecular formula is C16H13NO4S. The van der Waals surface area contributed by atoms with E-state index in [1.165, 1.54) is 11.3 Å². The van der Waals surface area contributed by atoms with Crippen molar-refractivity contribution in [2.75, 3.05) is 0 Å². The number of amides is 1. The average molecular weight is 315 g/mol. The predicted molar refractivity (Wildman–Crippen MR) is 83.0 cm³/mol. The smallest absolute Gasteiger partial charge is 0.372 e. The molecule has 0 unspecified atom stereocenters. The molecule has 0 aliphatic heterocycles. The van der Waals surface area contributed by atoms with Gasteiger partial charge in [-0.15, -0.1) is 11.3 Å². The molecule has 0 fully saturated rings. The molecule has 3 rings (SSSR count). The van der Waals surface area contributed by atoms with Gasteiger partial charge in [-0.1, -0.05) is 24.3 Å². The summed E-state index contributed by atoms with van der Waals surface area (Å²) in [7, 11) is 0. The Kier molecular flexibility index (Phi) is 3.93. The lowest BCUT2D eigenvalue weighted by Crippen LogP contribution is -2.24. The Balaban J connectivity index is 1.79. The topological polar surface area (TPSA) is 79.5 Å². The molecule has 0 bridgehead atoms. The number of thiophene rings is 1. The van der Waals surface area contributed by atoms with E-state index < -0.39 is 5.97 Å². The minimum atomic E-state index is -1.14. The quantitative estimate of drug-likeness (QED) is 0.758. The summed E-state index contributed by atoms with van der Waals surface area (Å²) in [6.07, 6.45) is 0.288. The van der Waals surface area contributed by atoms with Gasteiger partial charge in [0.05, 0.1) is 6.42 Å². The van der Waals surface area contributed by atoms with Crippen LogP contribution >= 0.6 is 11.3 Å². The highest BCUT2D eigenvalue weighted by molar-refractivity contribution is 7.10. The number of hydrogen-bond acceptors (Lipinski definition) is 4. The first-order valence-corrected chi connectivity index (χ1v) is 7.56. The fourth-order valence-electron chi connectivity index (χ4n) is 2.27. The molecule has 0 atom stereocenters. The highest BCUT2D eigenvalue weighted by atomic mass is 32.1. The summed E-state index contributed by atoms with van der Waals surface area (Å²) in [4.78, 5) is 24.2. The monoisotopic (exact) mass is 315 g/mol. The van der Waals surface area contributed by atoms with Crippen molar-refractivity contribution >= 4 is 34.2 Å². The lowest BCUT2D eigenvalue weighted by molar-refractivity contribution is -0.120. The summed E-state index contributed by atoms with van der Waals surface area (Å²) in [6, 6.07) is 10.8. The average Bonchev–Trinajstić information content (AvgIpc) is 3.12. The third-order valence-electron chi connectivity index (χ3n) is 3.27. The van der Waals surface area contributed by atoms with E-state index in [-0.39, 0.29) is 24.6 Å². The van der Waals surface area contributed by atoms with Crippen LogP contribution in [-0.2, 0) is 17.8 Å². The molecule has 112 valence electrons. The van der Waals surface area contributed by atoms with Crippen LogP contribution in [0.15, 0.2) is 46.2 Å². The van der Waals surface area contributed by atoms with Crippen molar-refractivity contribution in [3.05, 3.63) is 58.0 Å². The van der Waals surface area contributed by atoms with Gasteiger partial charge in [-0.2, -0.15) is 0 Å². The van der Waals surface area contributed by atoms with E-state index in [0.29, 0.717) is 16.5 Å². The number of carbonyl (C=O) groups is 2. The van der Waals surface area contributed by atoms with Crippen LogP contribution in [0.1, 0.15) is 21.0 Å². The number of nitrogens with one attached hydrogen (secondary N) is 1. The lowest BCUT2D eigenvalue weighted by atomic mass is 10.1. The lowest BCUT2D eigenvalue weighted by Gasteiger charge is -2.04. The number of benzene rings is 1. The fourth-order valence-corrected chi connectivity index (χ4v) is 2.97. The van der Waals surface area contributed by atoms with Gasteiger partial charge in [0.2, 0.25) is 11.7 Å². The minimum absolute atomic E-state index is 0.127. The molecule has 3 aromatic rings. The number of carboxylic acids is 1. The van der Waals surface area contributed by atoms with E-state index in [1.54, 1.807) is 24.3 Å². The summed E-state index contributed by atoms with van der Waals surface area (Å²) in [5, 5.41) is 14.6. The third kappa shape index (κ3) is 2.87. The first-order chi connectivity index (χ1) is 10.6. The molecule has 0 saturated carbocycles. The van der Waals surface area contributed by atoms with Crippen LogP contribution in [0.3, 0.4) is 0 Å². The number of carboxylic acid groups (broad SMARTS) is 1. The molecule has 2 heterocycles. The van der Waals surface area contributed by atoms with Gasteiger partial charge in [0.25, 0.3) is 0 Å². The van der Waals surface area contributed by atoms with E-state index in [1.807, 2.05) is 17.5 Å². The van der Waals surface area contributed by atoms with Gasteiger partial charge in [0.15, 0.2) is 0 Å². The molecule has 0 aliphatic carbocycles. The largest absolute Gasteiger partial charge is 0.475 e. The molecule has 0 aliphatic rings. The zero-order valence-corrected chi connectivity index (χ0v) is 12.4. The van der Waals surface area contributed by atoms with Crippen molar-refractivity contribution in [1.29, 1.82) is 0 Å². The summed E-state index contributed by atoms with van der Waals surface area (Å²) >= 11 is 1.51. The van der Waals surface area contributed by atoms with E-state index >= 15 is 0 Å². The van der Waals surface area contributed by atoms with Crippen LogP contribution in [0.5, 0.6) is 0 Å². The first-order valence-electron chi connectivity index (χ1n) is 6.68. The maximum absolute atomic E-state index is 11.9. The van der Waals surface area contributed by atoms with Gasteiger partial charge in [0.1, 0.15) is 5.58 Å². The second-order valence-electron chi connectivity index (χ2n) is 4.74. The Morgan fingerprint density at radius 3 is 2.73 bits per heavy atom. The van der Waals surface area contributed by atoms with E-state index in [0.717, 1.165) is 4.88 Å². The van der Waals surface area contributed by atoms with E-state index in [2.05, 4.69) is 5.32 Å². The standard InChI is InChI=1S/C16H13NO4S/c18-14(8-10-4-3-7-22-10)17-9-12-11-5-1-2-6-13(11)21-15(12)16(19)20/h1-7H,8-9H2,(H,17,18)(H,19,20). The van der Waals surface area contributed by atoms with Gasteiger partial charge >= 0.3 is 5.97 Å². The fraction of sp³-hybridized carbons (Fsp3) is 0.125. The highest BCUT2D eigenvalue weighted by Crippen LogP contribution is 2.25. The molecule has 1 aromatic carbocycles. The summed E-state index contributed by atoms with van der Waals surface area (Å²) < 4.78 is 5.35. The summed E-state index contributed by atoms with van der Waals surface area (Å²) in [6.45, 7) is 0.128. The zero-order valence-electron chi connectivity index (χ0n) is 11.5. The number of furan rings is 1. The van der Waals surface area contributed by atoms with Gasteiger partial charge < -0.3 is 14.8 Å². The molecule has 1 amide bonds. The second kappa shape index (κ2) is 6.03. The van der Waals surface area contributed by atoms with Crippen LogP contribution in [0, 0.1) is 0 Å². The number of aromatic carboxylic acids is 1. The third-order valence-corrected chi connectivity index (χ3v) is 4.15. The highest BCUT2D eigenvalue weighted by Gasteiger charge is 2.20. The number of carbonyl (C=O) groups excluding carboxylic acids is 1. The molecular weight excluding hydrogens is 302 g/mol. The molecule has 22 heavy (non-hydrogen) atoms. The number of rotatable bonds is 5. The molecule has 0 radical (unpaired) electrons. The van der Waals surface area contributed by atoms with Crippen LogP contribution in [0.25, 0.3) is 11.0 Å². The van der Waals surface area contributed by atoms with Crippen LogP contribution in [0.2, 0.25) is 0 Å². The molecule has 0 saturated heterocycles. The van der Waals surface area contributed by atoms with E-state index in [9.17, 15) is 14.7 Å². The van der Waals surface area contributed by atoms with Crippen molar-refractivity contribution < 1.29 is 19.1 Å². The van der Waals surface area contributed by atoms with Crippen molar-refractivity contribution in [2.45, 2.75) is 13.0 Å². The molecule has 2 N–H and O–H groups in total. The predicted octanol–water partition coefficient (Wildman–Crippen LogP) is 3.05. The Morgan fingerprint density at radius 1 is 1.18 bits per heavy atom. The SMILES string of the molecule is O=C(Cc1cccs1)NCc1c(C(=O)O)oc2ccccc12. The van der Waals surface area contributed by atoms with Gasteiger partial charge in [-0.05, 0) is 17.5 Å². The minimum Gasteiger partial charge on any atom is -0.475 e. The molecule has 6 heteroatoms. The van der Waals surface area contributed by atoms with Crippen LogP contribution in [0.4, 0.5) is 0 Å². The Morgan fingerprint density at radius 2 is 2.00 bits per heavy atom. The van der Waals surface area contributed by atoms with E-state index in [4.69, 9.17) is 4.42 Å². The normalized spacial score (nSPS) is 10.7. The van der Waals surface area contributed by atoms with Crippen molar-refractivity contribution in [1.82, 2.24) is 5.32 Å². The summed E-state index contributed by atoms with van der Waals surface area (Å²) in [5.41, 5.74) is 0.991. The molecule has 5 nitrogen and oxygen atoms in total. The Bertz CT molecular complexity index is 820. The number of para-hydroxylation sites is 1. The van der Waals surface area contributed by atoms with Gasteiger partial charge in [-0.25, -0.2) is 4.79 Å². The molecule has 2 aromatic heterocycles. The van der Waals surface area contributed by atoms with Crippen LogP contribution < -0.4 is 5.32 Å². The van der Waals surface area contributed by atoms with Crippen molar-refractivity contribution in [3.63, 3.8) is 0 Å². The number of fused-ring (bicyclic) bond motifs is 1. The first kappa shape index (κ1) is 14.3. The Hall–Kier alpha value is -2.60. The summed E-state index contributed by atoms with van der Waals surface area (Å²) in [5.74, 6) is -1.42.